The molecule has 0 aliphatic rings. The largest absolute Gasteiger partial charge is 0.427 e. The fourth-order valence-corrected chi connectivity index (χ4v) is 1.93. The lowest BCUT2D eigenvalue weighted by atomic mass is 10.3. The summed E-state index contributed by atoms with van der Waals surface area (Å²) >= 11 is 0. The summed E-state index contributed by atoms with van der Waals surface area (Å²) in [6.07, 6.45) is 0. The summed E-state index contributed by atoms with van der Waals surface area (Å²) < 4.78 is 27.6. The number of hydrogen-bond acceptors (Lipinski definition) is 4. The third-order valence-electron chi connectivity index (χ3n) is 1.82. The lowest BCUT2D eigenvalue weighted by Crippen LogP contribution is -2.04. The van der Waals surface area contributed by atoms with E-state index >= 15 is 0 Å². The van der Waals surface area contributed by atoms with Crippen molar-refractivity contribution in [3.05, 3.63) is 24.3 Å². The fourth-order valence-electron chi connectivity index (χ4n) is 1.05. The molecule has 0 amide bonds. The Morgan fingerprint density at radius 1 is 1.27 bits per heavy atom. The molecule has 0 N–H and O–H groups in total. The van der Waals surface area contributed by atoms with Gasteiger partial charge in [-0.15, -0.1) is 0 Å². The average molecular weight is 228 g/mol. The average Bonchev–Trinajstić information content (AvgIpc) is 2.18. The third-order valence-corrected chi connectivity index (χ3v) is 3.57. The maximum atomic E-state index is 11.4. The predicted molar refractivity (Wildman–Crippen MR) is 55.5 cm³/mol. The topological polar surface area (TPSA) is 60.4 Å². The van der Waals surface area contributed by atoms with Crippen LogP contribution in [0.4, 0.5) is 0 Å². The van der Waals surface area contributed by atoms with Gasteiger partial charge < -0.3 is 4.74 Å². The van der Waals surface area contributed by atoms with Crippen LogP contribution in [0.3, 0.4) is 0 Å². The first-order valence-corrected chi connectivity index (χ1v) is 6.12. The highest BCUT2D eigenvalue weighted by molar-refractivity contribution is 7.91. The molecule has 1 rings (SSSR count). The molecule has 82 valence electrons. The van der Waals surface area contributed by atoms with Gasteiger partial charge in [0.15, 0.2) is 9.84 Å². The van der Waals surface area contributed by atoms with E-state index in [1.54, 1.807) is 6.92 Å². The Morgan fingerprint density at radius 3 is 2.20 bits per heavy atom. The minimum Gasteiger partial charge on any atom is -0.427 e. The van der Waals surface area contributed by atoms with Gasteiger partial charge in [-0.2, -0.15) is 0 Å². The zero-order valence-electron chi connectivity index (χ0n) is 8.56. The summed E-state index contributed by atoms with van der Waals surface area (Å²) in [6.45, 7) is 2.87. The van der Waals surface area contributed by atoms with E-state index < -0.39 is 15.8 Å². The number of ether oxygens (including phenoxy) is 1. The summed E-state index contributed by atoms with van der Waals surface area (Å²) in [4.78, 5) is 10.8. The first-order chi connectivity index (χ1) is 6.95. The monoisotopic (exact) mass is 228 g/mol. The molecule has 0 atom stereocenters. The van der Waals surface area contributed by atoms with E-state index in [0.717, 1.165) is 0 Å². The normalized spacial score (nSPS) is 11.1. The number of carbonyl (C=O) groups is 1. The quantitative estimate of drug-likeness (QED) is 0.579. The Kier molecular flexibility index (Phi) is 3.47. The van der Waals surface area contributed by atoms with Crippen molar-refractivity contribution in [3.63, 3.8) is 0 Å². The second-order valence-electron chi connectivity index (χ2n) is 2.97. The van der Waals surface area contributed by atoms with Crippen LogP contribution in [-0.4, -0.2) is 20.1 Å². The van der Waals surface area contributed by atoms with Gasteiger partial charge >= 0.3 is 5.97 Å². The van der Waals surface area contributed by atoms with Crippen molar-refractivity contribution >= 4 is 15.8 Å². The molecule has 4 nitrogen and oxygen atoms in total. The van der Waals surface area contributed by atoms with Crippen molar-refractivity contribution in [2.75, 3.05) is 5.75 Å². The number of hydrogen-bond donors (Lipinski definition) is 0. The standard InChI is InChI=1S/C10H12O4S/c1-3-15(12,13)10-6-4-9(5-7-10)14-8(2)11/h4-7H,3H2,1-2H3. The van der Waals surface area contributed by atoms with Crippen LogP contribution in [0.5, 0.6) is 5.75 Å². The van der Waals surface area contributed by atoms with Crippen molar-refractivity contribution in [1.82, 2.24) is 0 Å². The Bertz CT molecular complexity index is 445. The maximum absolute atomic E-state index is 11.4. The van der Waals surface area contributed by atoms with Crippen LogP contribution in [0, 0.1) is 0 Å². The zero-order valence-corrected chi connectivity index (χ0v) is 9.37. The Balaban J connectivity index is 2.95. The van der Waals surface area contributed by atoms with E-state index in [1.165, 1.54) is 31.2 Å². The molecule has 0 aromatic heterocycles. The third kappa shape index (κ3) is 3.06. The second-order valence-corrected chi connectivity index (χ2v) is 5.25. The molecule has 0 fully saturated rings. The van der Waals surface area contributed by atoms with E-state index in [2.05, 4.69) is 0 Å². The molecule has 0 aliphatic heterocycles. The van der Waals surface area contributed by atoms with Gasteiger partial charge in [-0.1, -0.05) is 6.92 Å². The molecule has 1 aromatic rings. The van der Waals surface area contributed by atoms with Crippen molar-refractivity contribution in [2.24, 2.45) is 0 Å². The molecular weight excluding hydrogens is 216 g/mol. The van der Waals surface area contributed by atoms with Crippen molar-refractivity contribution < 1.29 is 17.9 Å². The first-order valence-electron chi connectivity index (χ1n) is 4.47. The summed E-state index contributed by atoms with van der Waals surface area (Å²) in [5, 5.41) is 0. The van der Waals surface area contributed by atoms with Gasteiger partial charge in [-0.3, -0.25) is 4.79 Å². The SMILES string of the molecule is CCS(=O)(=O)c1ccc(OC(C)=O)cc1. The summed E-state index contributed by atoms with van der Waals surface area (Å²) in [6, 6.07) is 5.78. The molecular formula is C10H12O4S. The van der Waals surface area contributed by atoms with E-state index in [-0.39, 0.29) is 10.6 Å². The van der Waals surface area contributed by atoms with Gasteiger partial charge in [0.25, 0.3) is 0 Å². The highest BCUT2D eigenvalue weighted by Crippen LogP contribution is 2.16. The lowest BCUT2D eigenvalue weighted by Gasteiger charge is -2.03. The molecule has 0 unspecified atom stereocenters. The number of benzene rings is 1. The van der Waals surface area contributed by atoms with Crippen molar-refractivity contribution in [2.45, 2.75) is 18.7 Å². The van der Waals surface area contributed by atoms with E-state index in [0.29, 0.717) is 5.75 Å². The molecule has 0 aliphatic carbocycles. The fraction of sp³-hybridized carbons (Fsp3) is 0.300. The van der Waals surface area contributed by atoms with E-state index in [9.17, 15) is 13.2 Å². The molecule has 0 saturated heterocycles. The molecule has 0 bridgehead atoms. The highest BCUT2D eigenvalue weighted by atomic mass is 32.2. The van der Waals surface area contributed by atoms with Gasteiger partial charge in [0.1, 0.15) is 5.75 Å². The second kappa shape index (κ2) is 4.44. The first kappa shape index (κ1) is 11.7. The van der Waals surface area contributed by atoms with Crippen molar-refractivity contribution in [3.8, 4) is 5.75 Å². The van der Waals surface area contributed by atoms with Gasteiger partial charge in [0.2, 0.25) is 0 Å². The highest BCUT2D eigenvalue weighted by Gasteiger charge is 2.11. The summed E-state index contributed by atoms with van der Waals surface area (Å²) in [7, 11) is -3.18. The molecule has 5 heteroatoms. The van der Waals surface area contributed by atoms with E-state index in [4.69, 9.17) is 4.74 Å². The molecule has 15 heavy (non-hydrogen) atoms. The Hall–Kier alpha value is -1.36. The maximum Gasteiger partial charge on any atom is 0.308 e. The summed E-state index contributed by atoms with van der Waals surface area (Å²) in [5.41, 5.74) is 0. The Morgan fingerprint density at radius 2 is 1.80 bits per heavy atom. The van der Waals surface area contributed by atoms with Gasteiger partial charge in [-0.25, -0.2) is 8.42 Å². The molecule has 0 radical (unpaired) electrons. The minimum atomic E-state index is -3.18. The number of esters is 1. The van der Waals surface area contributed by atoms with Crippen LogP contribution < -0.4 is 4.74 Å². The minimum absolute atomic E-state index is 0.0555. The number of carbonyl (C=O) groups excluding carboxylic acids is 1. The van der Waals surface area contributed by atoms with Crippen LogP contribution in [0.15, 0.2) is 29.2 Å². The number of sulfone groups is 1. The van der Waals surface area contributed by atoms with Crippen LogP contribution in [-0.2, 0) is 14.6 Å². The van der Waals surface area contributed by atoms with Crippen LogP contribution in [0.1, 0.15) is 13.8 Å². The predicted octanol–water partition coefficient (Wildman–Crippen LogP) is 1.41. The zero-order chi connectivity index (χ0) is 11.5. The van der Waals surface area contributed by atoms with Crippen LogP contribution >= 0.6 is 0 Å². The molecule has 0 saturated carbocycles. The van der Waals surface area contributed by atoms with Crippen LogP contribution in [0.2, 0.25) is 0 Å². The van der Waals surface area contributed by atoms with Gasteiger partial charge in [0, 0.05) is 6.92 Å². The smallest absolute Gasteiger partial charge is 0.308 e. The van der Waals surface area contributed by atoms with E-state index in [1.807, 2.05) is 0 Å². The van der Waals surface area contributed by atoms with Gasteiger partial charge in [0.05, 0.1) is 10.6 Å². The molecule has 1 aromatic carbocycles. The Labute approximate surface area is 88.8 Å². The number of rotatable bonds is 3. The van der Waals surface area contributed by atoms with Gasteiger partial charge in [-0.05, 0) is 24.3 Å². The molecule has 0 heterocycles. The lowest BCUT2D eigenvalue weighted by molar-refractivity contribution is -0.131. The molecule has 0 spiro atoms. The van der Waals surface area contributed by atoms with Crippen LogP contribution in [0.25, 0.3) is 0 Å². The summed E-state index contributed by atoms with van der Waals surface area (Å²) in [5.74, 6) is -0.0291. The van der Waals surface area contributed by atoms with Crippen molar-refractivity contribution in [1.29, 1.82) is 0 Å².